The van der Waals surface area contributed by atoms with Gasteiger partial charge in [0.25, 0.3) is 0 Å². The monoisotopic (exact) mass is 450 g/mol. The summed E-state index contributed by atoms with van der Waals surface area (Å²) in [7, 11) is 0. The molecule has 7 nitrogen and oxygen atoms in total. The Morgan fingerprint density at radius 2 is 1.97 bits per heavy atom. The molecule has 1 saturated carbocycles. The first-order valence-electron chi connectivity index (χ1n) is 13.1. The van der Waals surface area contributed by atoms with Gasteiger partial charge in [-0.25, -0.2) is 0 Å². The van der Waals surface area contributed by atoms with Gasteiger partial charge in [0.2, 0.25) is 5.91 Å². The second-order valence-corrected chi connectivity index (χ2v) is 10.9. The molecule has 0 aromatic heterocycles. The lowest BCUT2D eigenvalue weighted by Crippen LogP contribution is -2.95. The summed E-state index contributed by atoms with van der Waals surface area (Å²) in [5.41, 5.74) is 0. The number of hydrogen-bond acceptors (Lipinski definition) is 5. The molecule has 7 heteroatoms. The lowest BCUT2D eigenvalue weighted by molar-refractivity contribution is -0.717. The van der Waals surface area contributed by atoms with Crippen molar-refractivity contribution in [2.45, 2.75) is 96.6 Å². The zero-order valence-electron chi connectivity index (χ0n) is 20.3. The predicted molar refractivity (Wildman–Crippen MR) is 122 cm³/mol. The standard InChI is InChI=1S/C25H43N3O4/c1-17(2)31-21-16-22-20(18(3)14-25(30)32-22)15-19(21)7-8-24(29)28-12-10-27(11-13-28)23-6-4-5-9-26-23/h17-23,26H,4-16H2,1-3H3/p+1. The fourth-order valence-electron chi connectivity index (χ4n) is 6.46. The molecular formula is C25H44N3O4+. The van der Waals surface area contributed by atoms with Crippen molar-refractivity contribution in [3.8, 4) is 0 Å². The Kier molecular flexibility index (Phi) is 8.11. The zero-order valence-corrected chi connectivity index (χ0v) is 20.3. The number of fused-ring (bicyclic) bond motifs is 1. The molecule has 0 bridgehead atoms. The predicted octanol–water partition coefficient (Wildman–Crippen LogP) is 1.76. The van der Waals surface area contributed by atoms with Crippen molar-refractivity contribution in [2.24, 2.45) is 17.8 Å². The Morgan fingerprint density at radius 1 is 1.19 bits per heavy atom. The van der Waals surface area contributed by atoms with E-state index in [4.69, 9.17) is 9.47 Å². The van der Waals surface area contributed by atoms with Crippen LogP contribution in [0.15, 0.2) is 0 Å². The van der Waals surface area contributed by atoms with Crippen molar-refractivity contribution in [2.75, 3.05) is 32.7 Å². The van der Waals surface area contributed by atoms with E-state index < -0.39 is 0 Å². The highest BCUT2D eigenvalue weighted by Gasteiger charge is 2.45. The number of quaternary nitrogens is 1. The molecule has 32 heavy (non-hydrogen) atoms. The van der Waals surface area contributed by atoms with Gasteiger partial charge in [-0.2, -0.15) is 0 Å². The van der Waals surface area contributed by atoms with Crippen LogP contribution in [-0.2, 0) is 19.1 Å². The molecule has 4 aliphatic rings. The van der Waals surface area contributed by atoms with Crippen LogP contribution >= 0.6 is 0 Å². The highest BCUT2D eigenvalue weighted by Crippen LogP contribution is 2.43. The van der Waals surface area contributed by atoms with Crippen molar-refractivity contribution in [3.05, 3.63) is 0 Å². The summed E-state index contributed by atoms with van der Waals surface area (Å²) < 4.78 is 12.0. The summed E-state index contributed by atoms with van der Waals surface area (Å²) in [6.45, 7) is 11.3. The molecule has 0 radical (unpaired) electrons. The van der Waals surface area contributed by atoms with Crippen molar-refractivity contribution in [1.82, 2.24) is 9.80 Å². The Labute approximate surface area is 193 Å². The average molecular weight is 451 g/mol. The number of hydrogen-bond donors (Lipinski definition) is 1. The van der Waals surface area contributed by atoms with Gasteiger partial charge in [0, 0.05) is 51.9 Å². The van der Waals surface area contributed by atoms with Gasteiger partial charge in [-0.1, -0.05) is 6.92 Å². The van der Waals surface area contributed by atoms with Gasteiger partial charge in [-0.05, 0) is 57.3 Å². The molecule has 2 N–H and O–H groups in total. The quantitative estimate of drug-likeness (QED) is 0.624. The maximum absolute atomic E-state index is 13.0. The molecule has 6 unspecified atom stereocenters. The largest absolute Gasteiger partial charge is 0.462 e. The summed E-state index contributed by atoms with van der Waals surface area (Å²) >= 11 is 0. The minimum Gasteiger partial charge on any atom is -0.462 e. The van der Waals surface area contributed by atoms with E-state index in [9.17, 15) is 9.59 Å². The maximum atomic E-state index is 13.0. The Balaban J connectivity index is 1.28. The number of amides is 1. The van der Waals surface area contributed by atoms with Crippen molar-refractivity contribution in [1.29, 1.82) is 0 Å². The van der Waals surface area contributed by atoms with E-state index in [2.05, 4.69) is 35.9 Å². The molecular weight excluding hydrogens is 406 g/mol. The van der Waals surface area contributed by atoms with Crippen LogP contribution in [0.3, 0.4) is 0 Å². The van der Waals surface area contributed by atoms with Gasteiger partial charge >= 0.3 is 5.97 Å². The maximum Gasteiger partial charge on any atom is 0.306 e. The van der Waals surface area contributed by atoms with Crippen LogP contribution in [0.2, 0.25) is 0 Å². The van der Waals surface area contributed by atoms with Gasteiger partial charge in [0.05, 0.1) is 18.8 Å². The molecule has 0 aromatic carbocycles. The van der Waals surface area contributed by atoms with E-state index >= 15 is 0 Å². The minimum atomic E-state index is -0.0688. The van der Waals surface area contributed by atoms with Crippen LogP contribution in [-0.4, -0.2) is 78.9 Å². The number of rotatable bonds is 6. The highest BCUT2D eigenvalue weighted by atomic mass is 16.5. The Morgan fingerprint density at radius 3 is 2.66 bits per heavy atom. The normalized spacial score (nSPS) is 36.6. The van der Waals surface area contributed by atoms with Gasteiger partial charge in [0.15, 0.2) is 0 Å². The number of piperidine rings is 1. The number of piperazine rings is 1. The fraction of sp³-hybridized carbons (Fsp3) is 0.920. The zero-order chi connectivity index (χ0) is 22.7. The summed E-state index contributed by atoms with van der Waals surface area (Å²) in [6, 6.07) is 0. The number of carbonyl (C=O) groups is 2. The molecule has 0 aromatic rings. The van der Waals surface area contributed by atoms with E-state index in [1.54, 1.807) is 0 Å². The molecule has 1 aliphatic carbocycles. The minimum absolute atomic E-state index is 0.0216. The van der Waals surface area contributed by atoms with E-state index in [1.807, 2.05) is 0 Å². The van der Waals surface area contributed by atoms with Crippen LogP contribution in [0.5, 0.6) is 0 Å². The molecule has 6 atom stereocenters. The van der Waals surface area contributed by atoms with Crippen molar-refractivity contribution in [3.63, 3.8) is 0 Å². The molecule has 3 heterocycles. The second-order valence-electron chi connectivity index (χ2n) is 10.9. The number of ether oxygens (including phenoxy) is 2. The van der Waals surface area contributed by atoms with Crippen LogP contribution in [0, 0.1) is 17.8 Å². The third kappa shape index (κ3) is 5.84. The fourth-order valence-corrected chi connectivity index (χ4v) is 6.46. The molecule has 3 saturated heterocycles. The highest BCUT2D eigenvalue weighted by molar-refractivity contribution is 5.76. The Bertz CT molecular complexity index is 643. The molecule has 4 rings (SSSR count). The SMILES string of the molecule is CC(C)OC1CC2OC(=O)CC(C)C2CC1CCC(=O)N1CCN(C2CCCC[NH2+]2)CC1. The number of nitrogens with two attached hydrogens (primary N) is 1. The Hall–Kier alpha value is -1.18. The second kappa shape index (κ2) is 10.8. The third-order valence-electron chi connectivity index (χ3n) is 8.25. The van der Waals surface area contributed by atoms with Gasteiger partial charge in [-0.3, -0.25) is 14.5 Å². The summed E-state index contributed by atoms with van der Waals surface area (Å²) in [5, 5.41) is 2.48. The van der Waals surface area contributed by atoms with Crippen molar-refractivity contribution < 1.29 is 24.4 Å². The first-order valence-corrected chi connectivity index (χ1v) is 13.1. The summed E-state index contributed by atoms with van der Waals surface area (Å²) in [6.07, 6.45) is 8.51. The molecule has 1 amide bonds. The smallest absolute Gasteiger partial charge is 0.306 e. The molecule has 0 spiro atoms. The van der Waals surface area contributed by atoms with Gasteiger partial charge in [-0.15, -0.1) is 0 Å². The number of esters is 1. The van der Waals surface area contributed by atoms with Crippen LogP contribution in [0.1, 0.15) is 72.1 Å². The van der Waals surface area contributed by atoms with Crippen LogP contribution in [0.25, 0.3) is 0 Å². The van der Waals surface area contributed by atoms with Crippen LogP contribution in [0.4, 0.5) is 0 Å². The lowest BCUT2D eigenvalue weighted by Gasteiger charge is -2.46. The average Bonchev–Trinajstić information content (AvgIpc) is 2.78. The van der Waals surface area contributed by atoms with E-state index in [0.717, 1.165) is 45.4 Å². The first kappa shape index (κ1) is 24.0. The lowest BCUT2D eigenvalue weighted by atomic mass is 9.69. The summed E-state index contributed by atoms with van der Waals surface area (Å²) in [5.74, 6) is 1.34. The number of carbonyl (C=O) groups excluding carboxylic acids is 2. The van der Waals surface area contributed by atoms with E-state index in [0.29, 0.717) is 42.7 Å². The van der Waals surface area contributed by atoms with Gasteiger partial charge < -0.3 is 19.7 Å². The number of nitrogens with zero attached hydrogens (tertiary/aromatic N) is 2. The molecule has 182 valence electrons. The molecule has 3 aliphatic heterocycles. The van der Waals surface area contributed by atoms with E-state index in [-0.39, 0.29) is 24.3 Å². The van der Waals surface area contributed by atoms with Crippen LogP contribution < -0.4 is 5.32 Å². The van der Waals surface area contributed by atoms with Crippen molar-refractivity contribution >= 4 is 11.9 Å². The summed E-state index contributed by atoms with van der Waals surface area (Å²) in [4.78, 5) is 29.6. The first-order chi connectivity index (χ1) is 15.4. The van der Waals surface area contributed by atoms with E-state index in [1.165, 1.54) is 25.8 Å². The molecule has 4 fully saturated rings. The third-order valence-corrected chi connectivity index (χ3v) is 8.25. The topological polar surface area (TPSA) is 75.7 Å². The van der Waals surface area contributed by atoms with Gasteiger partial charge in [0.1, 0.15) is 12.3 Å².